The van der Waals surface area contributed by atoms with E-state index in [0.29, 0.717) is 32.7 Å². The molecule has 5 atom stereocenters. The summed E-state index contributed by atoms with van der Waals surface area (Å²) < 4.78 is 5.02. The van der Waals surface area contributed by atoms with Gasteiger partial charge in [0, 0.05) is 31.5 Å². The Morgan fingerprint density at radius 3 is 2.74 bits per heavy atom. The van der Waals surface area contributed by atoms with Gasteiger partial charge in [0.05, 0.1) is 23.2 Å². The Labute approximate surface area is 208 Å². The molecule has 3 rings (SSSR count). The quantitative estimate of drug-likeness (QED) is 0.215. The van der Waals surface area contributed by atoms with Crippen LogP contribution in [0, 0.1) is 11.8 Å². The smallest absolute Gasteiger partial charge is 0.310 e. The topological polar surface area (TPSA) is 87.1 Å². The number of ether oxygens (including phenoxy) is 1. The number of fused-ring (bicyclic) bond motifs is 1. The minimum Gasteiger partial charge on any atom is -0.465 e. The second-order valence-electron chi connectivity index (χ2n) is 9.54. The summed E-state index contributed by atoms with van der Waals surface area (Å²) in [5.74, 6) is -1.55. The van der Waals surface area contributed by atoms with E-state index < -0.39 is 22.6 Å². The van der Waals surface area contributed by atoms with E-state index >= 15 is 0 Å². The number of aliphatic hydroxyl groups is 1. The minimum atomic E-state index is -0.617. The van der Waals surface area contributed by atoms with Gasteiger partial charge >= 0.3 is 5.97 Å². The first-order valence-electron chi connectivity index (χ1n) is 12.7. The number of amides is 2. The summed E-state index contributed by atoms with van der Waals surface area (Å²) in [7, 11) is 0. The van der Waals surface area contributed by atoms with Crippen molar-refractivity contribution in [3.05, 3.63) is 25.3 Å². The van der Waals surface area contributed by atoms with Gasteiger partial charge < -0.3 is 19.6 Å². The molecular formula is C26H40N2O5S. The highest BCUT2D eigenvalue weighted by atomic mass is 32.2. The summed E-state index contributed by atoms with van der Waals surface area (Å²) in [5, 5.41) is 9.45. The van der Waals surface area contributed by atoms with E-state index in [0.717, 1.165) is 44.9 Å². The molecule has 1 N–H and O–H groups in total. The van der Waals surface area contributed by atoms with Crippen LogP contribution in [-0.2, 0) is 19.1 Å². The summed E-state index contributed by atoms with van der Waals surface area (Å²) in [6.07, 6.45) is 9.93. The number of allylic oxidation sites excluding steroid dienone is 1. The zero-order valence-corrected chi connectivity index (χ0v) is 21.3. The van der Waals surface area contributed by atoms with Crippen LogP contribution in [-0.4, -0.2) is 81.6 Å². The second kappa shape index (κ2) is 12.2. The number of carbonyl (C=O) groups excluding carboxylic acids is 3. The Kier molecular flexibility index (Phi) is 9.65. The molecule has 3 aliphatic heterocycles. The number of unbranched alkanes of at least 4 members (excludes halogenated alkanes) is 3. The number of nitrogens with zero attached hydrogens (tertiary/aromatic N) is 2. The van der Waals surface area contributed by atoms with Crippen LogP contribution in [0.4, 0.5) is 0 Å². The zero-order valence-electron chi connectivity index (χ0n) is 20.5. The highest BCUT2D eigenvalue weighted by molar-refractivity contribution is 8.02. The van der Waals surface area contributed by atoms with Gasteiger partial charge in [0.1, 0.15) is 6.04 Å². The highest BCUT2D eigenvalue weighted by Gasteiger charge is 2.74. The molecule has 2 amide bonds. The number of hydrogen-bond donors (Lipinski definition) is 1. The lowest BCUT2D eigenvalue weighted by molar-refractivity contribution is -0.154. The van der Waals surface area contributed by atoms with Crippen LogP contribution < -0.4 is 0 Å². The molecule has 0 aromatic rings. The van der Waals surface area contributed by atoms with Crippen LogP contribution in [0.1, 0.15) is 58.3 Å². The summed E-state index contributed by atoms with van der Waals surface area (Å²) in [6.45, 7) is 11.3. The Morgan fingerprint density at radius 2 is 2.06 bits per heavy atom. The Morgan fingerprint density at radius 1 is 1.26 bits per heavy atom. The first-order valence-corrected chi connectivity index (χ1v) is 13.6. The predicted octanol–water partition coefficient (Wildman–Crippen LogP) is 3.17. The third-order valence-electron chi connectivity index (χ3n) is 7.35. The molecule has 3 saturated heterocycles. The summed E-state index contributed by atoms with van der Waals surface area (Å²) in [5.41, 5.74) is 0. The number of carbonyl (C=O) groups is 3. The number of aliphatic hydroxyl groups excluding tert-OH is 1. The van der Waals surface area contributed by atoms with E-state index in [1.165, 1.54) is 0 Å². The van der Waals surface area contributed by atoms with Gasteiger partial charge in [-0.2, -0.15) is 0 Å². The fourth-order valence-electron chi connectivity index (χ4n) is 5.81. The molecule has 3 aliphatic rings. The summed E-state index contributed by atoms with van der Waals surface area (Å²) in [6, 6.07) is -0.617. The predicted molar refractivity (Wildman–Crippen MR) is 134 cm³/mol. The van der Waals surface area contributed by atoms with E-state index in [4.69, 9.17) is 4.74 Å². The largest absolute Gasteiger partial charge is 0.465 e. The first-order chi connectivity index (χ1) is 16.5. The van der Waals surface area contributed by atoms with Crippen LogP contribution in [0.25, 0.3) is 0 Å². The Balaban J connectivity index is 1.85. The van der Waals surface area contributed by atoms with Crippen molar-refractivity contribution < 1.29 is 24.2 Å². The first kappa shape index (κ1) is 26.8. The van der Waals surface area contributed by atoms with Crippen molar-refractivity contribution in [1.82, 2.24) is 9.80 Å². The molecule has 8 heteroatoms. The SMILES string of the molecule is C=CCCCCOC(=O)[C@@H]1[C@H]2C(=O)N(CCCO)C(C(=O)N(CC=C)CCCC)C23CC[C@H]1S3. The summed E-state index contributed by atoms with van der Waals surface area (Å²) >= 11 is 1.66. The molecule has 2 unspecified atom stereocenters. The Hall–Kier alpha value is -1.80. The van der Waals surface area contributed by atoms with Crippen LogP contribution in [0.2, 0.25) is 0 Å². The van der Waals surface area contributed by atoms with E-state index in [1.807, 2.05) is 6.08 Å². The lowest BCUT2D eigenvalue weighted by Gasteiger charge is -2.37. The molecule has 7 nitrogen and oxygen atoms in total. The molecule has 2 bridgehead atoms. The van der Waals surface area contributed by atoms with Gasteiger partial charge in [-0.3, -0.25) is 14.4 Å². The monoisotopic (exact) mass is 492 g/mol. The normalized spacial score (nSPS) is 29.2. The molecule has 0 saturated carbocycles. The lowest BCUT2D eigenvalue weighted by Crippen LogP contribution is -2.55. The fourth-order valence-corrected chi connectivity index (χ4v) is 8.01. The van der Waals surface area contributed by atoms with Gasteiger partial charge in [-0.1, -0.05) is 25.5 Å². The van der Waals surface area contributed by atoms with E-state index in [1.54, 1.807) is 27.6 Å². The standard InChI is InChI=1S/C26H40N2O5S/c1-4-7-9-10-18-33-25(32)20-19-12-13-26(34-19)21(20)23(30)28(16-11-17-29)22(26)24(31)27(14-6-3)15-8-5-2/h4,6,19-22,29H,1,3,5,7-18H2,2H3/t19-,20+,21+,22?,26?/m1/s1. The third kappa shape index (κ3) is 5.08. The van der Waals surface area contributed by atoms with Gasteiger partial charge in [0.25, 0.3) is 0 Å². The second-order valence-corrected chi connectivity index (χ2v) is 11.1. The van der Waals surface area contributed by atoms with Crippen LogP contribution in [0.3, 0.4) is 0 Å². The molecule has 0 aliphatic carbocycles. The molecule has 3 heterocycles. The maximum atomic E-state index is 13.9. The maximum absolute atomic E-state index is 13.9. The zero-order chi connectivity index (χ0) is 24.7. The maximum Gasteiger partial charge on any atom is 0.310 e. The molecule has 3 fully saturated rings. The van der Waals surface area contributed by atoms with E-state index in [9.17, 15) is 19.5 Å². The molecule has 0 radical (unpaired) electrons. The van der Waals surface area contributed by atoms with E-state index in [2.05, 4.69) is 20.1 Å². The van der Waals surface area contributed by atoms with Crippen molar-refractivity contribution in [2.45, 2.75) is 74.3 Å². The van der Waals surface area contributed by atoms with Gasteiger partial charge in [0.2, 0.25) is 11.8 Å². The van der Waals surface area contributed by atoms with Gasteiger partial charge in [-0.25, -0.2) is 0 Å². The average molecular weight is 493 g/mol. The molecule has 34 heavy (non-hydrogen) atoms. The molecule has 0 aromatic heterocycles. The van der Waals surface area contributed by atoms with Crippen molar-refractivity contribution in [3.8, 4) is 0 Å². The van der Waals surface area contributed by atoms with Crippen molar-refractivity contribution >= 4 is 29.5 Å². The molecule has 1 spiro atoms. The number of thioether (sulfide) groups is 1. The fraction of sp³-hybridized carbons (Fsp3) is 0.731. The van der Waals surface area contributed by atoms with Crippen LogP contribution in [0.5, 0.6) is 0 Å². The van der Waals surface area contributed by atoms with Gasteiger partial charge in [-0.05, 0) is 44.9 Å². The van der Waals surface area contributed by atoms with Gasteiger partial charge in [-0.15, -0.1) is 24.9 Å². The van der Waals surface area contributed by atoms with Gasteiger partial charge in [0.15, 0.2) is 0 Å². The van der Waals surface area contributed by atoms with Crippen molar-refractivity contribution in [2.75, 3.05) is 32.8 Å². The van der Waals surface area contributed by atoms with Crippen LogP contribution in [0.15, 0.2) is 25.3 Å². The molecule has 0 aromatic carbocycles. The number of rotatable bonds is 15. The number of likely N-dealkylation sites (tertiary alicyclic amines) is 1. The Bertz CT molecular complexity index is 774. The van der Waals surface area contributed by atoms with Crippen molar-refractivity contribution in [1.29, 1.82) is 0 Å². The average Bonchev–Trinajstić information content (AvgIpc) is 3.47. The summed E-state index contributed by atoms with van der Waals surface area (Å²) in [4.78, 5) is 44.3. The lowest BCUT2D eigenvalue weighted by atomic mass is 9.71. The van der Waals surface area contributed by atoms with E-state index in [-0.39, 0.29) is 29.6 Å². The minimum absolute atomic E-state index is 0.00779. The number of esters is 1. The third-order valence-corrected chi connectivity index (χ3v) is 9.30. The highest BCUT2D eigenvalue weighted by Crippen LogP contribution is 2.66. The molecular weight excluding hydrogens is 452 g/mol. The number of hydrogen-bond acceptors (Lipinski definition) is 6. The van der Waals surface area contributed by atoms with Crippen LogP contribution >= 0.6 is 11.8 Å². The van der Waals surface area contributed by atoms with Crippen molar-refractivity contribution in [3.63, 3.8) is 0 Å². The van der Waals surface area contributed by atoms with Crippen molar-refractivity contribution in [2.24, 2.45) is 11.8 Å². The molecule has 190 valence electrons.